The molecule has 1 aliphatic carbocycles. The number of piperidine rings is 1. The largest absolute Gasteiger partial charge is 0.448 e. The van der Waals surface area contributed by atoms with Crippen LogP contribution in [0.3, 0.4) is 0 Å². The monoisotopic (exact) mass is 365 g/mol. The van der Waals surface area contributed by atoms with Gasteiger partial charge in [0.05, 0.1) is 5.60 Å². The highest BCUT2D eigenvalue weighted by molar-refractivity contribution is 5.79. The molecule has 1 amide bonds. The molecule has 27 heavy (non-hydrogen) atoms. The zero-order valence-corrected chi connectivity index (χ0v) is 15.9. The summed E-state index contributed by atoms with van der Waals surface area (Å²) in [6, 6.07) is 16.7. The molecular weight excluding hydrogens is 338 g/mol. The third kappa shape index (κ3) is 3.46. The molecule has 4 nitrogen and oxygen atoms in total. The number of carbonyl (C=O) groups excluding carboxylic acids is 1. The van der Waals surface area contributed by atoms with Crippen LogP contribution in [0, 0.1) is 0 Å². The van der Waals surface area contributed by atoms with Gasteiger partial charge >= 0.3 is 6.09 Å². The van der Waals surface area contributed by atoms with Gasteiger partial charge in [-0.2, -0.15) is 0 Å². The Hall–Kier alpha value is -2.33. The first-order chi connectivity index (χ1) is 13.1. The first kappa shape index (κ1) is 18.1. The number of carbonyl (C=O) groups is 1. The Balaban J connectivity index is 1.42. The van der Waals surface area contributed by atoms with Crippen molar-refractivity contribution in [3.8, 4) is 11.1 Å². The van der Waals surface area contributed by atoms with Crippen LogP contribution in [0.5, 0.6) is 0 Å². The summed E-state index contributed by atoms with van der Waals surface area (Å²) in [7, 11) is 0. The first-order valence-electron chi connectivity index (χ1n) is 9.93. The van der Waals surface area contributed by atoms with Crippen molar-refractivity contribution in [1.29, 1.82) is 0 Å². The molecule has 0 spiro atoms. The average molecular weight is 365 g/mol. The Bertz CT molecular complexity index is 778. The normalized spacial score (nSPS) is 18.1. The highest BCUT2D eigenvalue weighted by Crippen LogP contribution is 2.44. The average Bonchev–Trinajstić information content (AvgIpc) is 3.01. The van der Waals surface area contributed by atoms with Crippen molar-refractivity contribution in [2.75, 3.05) is 19.7 Å². The van der Waals surface area contributed by atoms with Crippen LogP contribution in [-0.2, 0) is 4.74 Å². The van der Waals surface area contributed by atoms with Gasteiger partial charge in [0.25, 0.3) is 0 Å². The predicted octanol–water partition coefficient (Wildman–Crippen LogP) is 4.56. The molecule has 1 fully saturated rings. The van der Waals surface area contributed by atoms with Gasteiger partial charge in [0.1, 0.15) is 6.61 Å². The fraction of sp³-hybridized carbons (Fsp3) is 0.435. The summed E-state index contributed by atoms with van der Waals surface area (Å²) in [5.74, 6) is 0.0863. The molecular formula is C23H27NO3. The quantitative estimate of drug-likeness (QED) is 0.864. The minimum Gasteiger partial charge on any atom is -0.448 e. The van der Waals surface area contributed by atoms with Crippen LogP contribution in [0.1, 0.15) is 49.7 Å². The SMILES string of the molecule is CCCC1(O)CCN(C(=O)OCC2c3ccccc3-c3ccccc32)CC1. The van der Waals surface area contributed by atoms with Gasteiger partial charge in [-0.15, -0.1) is 0 Å². The van der Waals surface area contributed by atoms with Crippen molar-refractivity contribution >= 4 is 6.09 Å². The lowest BCUT2D eigenvalue weighted by Gasteiger charge is -2.37. The smallest absolute Gasteiger partial charge is 0.409 e. The topological polar surface area (TPSA) is 49.8 Å². The van der Waals surface area contributed by atoms with E-state index in [9.17, 15) is 9.90 Å². The van der Waals surface area contributed by atoms with E-state index in [4.69, 9.17) is 4.74 Å². The predicted molar refractivity (Wildman–Crippen MR) is 106 cm³/mol. The maximum atomic E-state index is 12.6. The number of amides is 1. The van der Waals surface area contributed by atoms with Gasteiger partial charge in [-0.05, 0) is 41.5 Å². The standard InChI is InChI=1S/C23H27NO3/c1-2-11-23(26)12-14-24(15-13-23)22(25)27-16-21-19-9-5-3-7-17(19)18-8-4-6-10-20(18)21/h3-10,21,26H,2,11-16H2,1H3. The molecule has 0 aromatic heterocycles. The van der Waals surface area contributed by atoms with E-state index in [1.807, 2.05) is 12.1 Å². The van der Waals surface area contributed by atoms with Crippen molar-refractivity contribution in [2.45, 2.75) is 44.1 Å². The van der Waals surface area contributed by atoms with E-state index < -0.39 is 5.60 Å². The highest BCUT2D eigenvalue weighted by Gasteiger charge is 2.34. The lowest BCUT2D eigenvalue weighted by atomic mass is 9.87. The van der Waals surface area contributed by atoms with E-state index in [2.05, 4.69) is 43.3 Å². The number of nitrogens with zero attached hydrogens (tertiary/aromatic N) is 1. The second-order valence-electron chi connectivity index (χ2n) is 7.77. The molecule has 2 aliphatic rings. The number of benzene rings is 2. The summed E-state index contributed by atoms with van der Waals surface area (Å²) in [5, 5.41) is 10.5. The van der Waals surface area contributed by atoms with Crippen LogP contribution < -0.4 is 0 Å². The second-order valence-corrected chi connectivity index (χ2v) is 7.77. The molecule has 0 unspecified atom stereocenters. The molecule has 0 bridgehead atoms. The second kappa shape index (κ2) is 7.35. The summed E-state index contributed by atoms with van der Waals surface area (Å²) >= 11 is 0. The Kier molecular flexibility index (Phi) is 4.92. The van der Waals surface area contributed by atoms with E-state index in [0.717, 1.165) is 12.8 Å². The van der Waals surface area contributed by atoms with Crippen LogP contribution in [0.2, 0.25) is 0 Å². The van der Waals surface area contributed by atoms with Crippen LogP contribution in [0.15, 0.2) is 48.5 Å². The van der Waals surface area contributed by atoms with E-state index in [1.165, 1.54) is 22.3 Å². The molecule has 0 saturated carbocycles. The zero-order valence-electron chi connectivity index (χ0n) is 15.9. The summed E-state index contributed by atoms with van der Waals surface area (Å²) in [5.41, 5.74) is 4.30. The van der Waals surface area contributed by atoms with Crippen molar-refractivity contribution < 1.29 is 14.6 Å². The van der Waals surface area contributed by atoms with Gasteiger partial charge in [-0.3, -0.25) is 0 Å². The summed E-state index contributed by atoms with van der Waals surface area (Å²) < 4.78 is 5.71. The van der Waals surface area contributed by atoms with E-state index in [1.54, 1.807) is 4.90 Å². The number of likely N-dealkylation sites (tertiary alicyclic amines) is 1. The molecule has 1 N–H and O–H groups in total. The van der Waals surface area contributed by atoms with Crippen LogP contribution in [0.25, 0.3) is 11.1 Å². The van der Waals surface area contributed by atoms with E-state index in [-0.39, 0.29) is 12.0 Å². The summed E-state index contributed by atoms with van der Waals surface area (Å²) in [6.07, 6.45) is 2.75. The Morgan fingerprint density at radius 1 is 1.07 bits per heavy atom. The van der Waals surface area contributed by atoms with Crippen molar-refractivity contribution in [3.05, 3.63) is 59.7 Å². The van der Waals surface area contributed by atoms with E-state index in [0.29, 0.717) is 32.5 Å². The van der Waals surface area contributed by atoms with Gasteiger partial charge in [0.2, 0.25) is 0 Å². The molecule has 1 heterocycles. The Morgan fingerprint density at radius 3 is 2.19 bits per heavy atom. The summed E-state index contributed by atoms with van der Waals surface area (Å²) in [6.45, 7) is 3.55. The number of rotatable bonds is 4. The van der Waals surface area contributed by atoms with Gasteiger partial charge in [0, 0.05) is 19.0 Å². The summed E-state index contributed by atoms with van der Waals surface area (Å²) in [4.78, 5) is 14.3. The maximum absolute atomic E-state index is 12.6. The number of hydrogen-bond acceptors (Lipinski definition) is 3. The minimum absolute atomic E-state index is 0.0863. The minimum atomic E-state index is -0.616. The molecule has 0 atom stereocenters. The Morgan fingerprint density at radius 2 is 1.63 bits per heavy atom. The van der Waals surface area contributed by atoms with Crippen molar-refractivity contribution in [3.63, 3.8) is 0 Å². The van der Waals surface area contributed by atoms with Crippen molar-refractivity contribution in [1.82, 2.24) is 4.90 Å². The fourth-order valence-electron chi connectivity index (χ4n) is 4.51. The molecule has 2 aromatic rings. The van der Waals surface area contributed by atoms with Gasteiger partial charge < -0.3 is 14.7 Å². The lowest BCUT2D eigenvalue weighted by molar-refractivity contribution is -0.0269. The van der Waals surface area contributed by atoms with Gasteiger partial charge in [-0.25, -0.2) is 4.79 Å². The lowest BCUT2D eigenvalue weighted by Crippen LogP contribution is -2.46. The van der Waals surface area contributed by atoms with Crippen LogP contribution in [0.4, 0.5) is 4.79 Å². The number of aliphatic hydroxyl groups is 1. The first-order valence-corrected chi connectivity index (χ1v) is 9.93. The number of fused-ring (bicyclic) bond motifs is 3. The van der Waals surface area contributed by atoms with Gasteiger partial charge in [-0.1, -0.05) is 61.9 Å². The van der Waals surface area contributed by atoms with Crippen molar-refractivity contribution in [2.24, 2.45) is 0 Å². The number of hydrogen-bond donors (Lipinski definition) is 1. The third-order valence-electron chi connectivity index (χ3n) is 6.00. The third-order valence-corrected chi connectivity index (χ3v) is 6.00. The molecule has 4 rings (SSSR count). The molecule has 4 heteroatoms. The molecule has 2 aromatic carbocycles. The molecule has 1 saturated heterocycles. The zero-order chi connectivity index (χ0) is 18.9. The van der Waals surface area contributed by atoms with Crippen LogP contribution >= 0.6 is 0 Å². The molecule has 142 valence electrons. The fourth-order valence-corrected chi connectivity index (χ4v) is 4.51. The maximum Gasteiger partial charge on any atom is 0.409 e. The highest BCUT2D eigenvalue weighted by atomic mass is 16.6. The Labute approximate surface area is 160 Å². The van der Waals surface area contributed by atoms with Gasteiger partial charge in [0.15, 0.2) is 0 Å². The van der Waals surface area contributed by atoms with E-state index >= 15 is 0 Å². The van der Waals surface area contributed by atoms with Crippen LogP contribution in [-0.4, -0.2) is 41.4 Å². The molecule has 0 radical (unpaired) electrons. The molecule has 1 aliphatic heterocycles. The number of ether oxygens (including phenoxy) is 1.